The number of hydrogen-bond acceptors (Lipinski definition) is 3. The Morgan fingerprint density at radius 1 is 1.33 bits per heavy atom. The van der Waals surface area contributed by atoms with Crippen LogP contribution < -0.4 is 0 Å². The van der Waals surface area contributed by atoms with Crippen molar-refractivity contribution in [1.29, 1.82) is 0 Å². The molecule has 0 aliphatic carbocycles. The van der Waals surface area contributed by atoms with Crippen LogP contribution in [0.2, 0.25) is 0 Å². The summed E-state index contributed by atoms with van der Waals surface area (Å²) in [4.78, 5) is 12.4. The normalized spacial score (nSPS) is 18.1. The predicted molar refractivity (Wildman–Crippen MR) is 102 cm³/mol. The summed E-state index contributed by atoms with van der Waals surface area (Å²) in [5, 5.41) is 1.22. The van der Waals surface area contributed by atoms with Gasteiger partial charge in [-0.25, -0.2) is 8.51 Å². The summed E-state index contributed by atoms with van der Waals surface area (Å²) >= 11 is 0. The summed E-state index contributed by atoms with van der Waals surface area (Å²) in [5.41, 5.74) is 3.49. The van der Waals surface area contributed by atoms with E-state index < -0.39 is 11.0 Å². The highest BCUT2D eigenvalue weighted by atomic mass is 32.2. The maximum Gasteiger partial charge on any atom is 0.0987 e. The van der Waals surface area contributed by atoms with Gasteiger partial charge in [0.1, 0.15) is 0 Å². The van der Waals surface area contributed by atoms with Crippen molar-refractivity contribution in [2.45, 2.75) is 31.4 Å². The van der Waals surface area contributed by atoms with Gasteiger partial charge in [0.2, 0.25) is 0 Å². The molecule has 1 aromatic carbocycles. The van der Waals surface area contributed by atoms with E-state index in [1.54, 1.807) is 0 Å². The quantitative estimate of drug-likeness (QED) is 0.740. The minimum absolute atomic E-state index is 0.149. The fourth-order valence-electron chi connectivity index (χ4n) is 3.17. The molecular weight excluding hydrogens is 341 g/mol. The van der Waals surface area contributed by atoms with Crippen LogP contribution in [0.1, 0.15) is 30.4 Å². The Bertz CT molecular complexity index is 700. The molecule has 1 aliphatic heterocycles. The fourth-order valence-corrected chi connectivity index (χ4v) is 4.70. The van der Waals surface area contributed by atoms with Gasteiger partial charge in [-0.2, -0.15) is 0 Å². The van der Waals surface area contributed by atoms with Crippen molar-refractivity contribution in [2.75, 3.05) is 26.7 Å². The molecule has 5 nitrogen and oxygen atoms in total. The third kappa shape index (κ3) is 4.44. The first-order valence-corrected chi connectivity index (χ1v) is 10.7. The van der Waals surface area contributed by atoms with E-state index in [0.29, 0.717) is 5.75 Å². The Balaban J connectivity index is 1.67. The first-order chi connectivity index (χ1) is 11.7. The minimum Gasteiger partial charge on any atom is -0.361 e. The molecule has 0 saturated carbocycles. The van der Waals surface area contributed by atoms with Crippen LogP contribution in [0.25, 0.3) is 10.9 Å². The maximum absolute atomic E-state index is 12.5. The number of H-pyrrole nitrogens is 1. The van der Waals surface area contributed by atoms with Gasteiger partial charge in [0.05, 0.1) is 25.7 Å². The lowest BCUT2D eigenvalue weighted by Crippen LogP contribution is -2.32. The van der Waals surface area contributed by atoms with E-state index >= 15 is 0 Å². The number of benzene rings is 1. The van der Waals surface area contributed by atoms with Crippen molar-refractivity contribution in [3.05, 3.63) is 35.5 Å². The Morgan fingerprint density at radius 3 is 2.88 bits per heavy atom. The lowest BCUT2D eigenvalue weighted by Gasteiger charge is -2.25. The van der Waals surface area contributed by atoms with E-state index in [0.717, 1.165) is 50.0 Å². The average molecular weight is 367 g/mol. The maximum atomic E-state index is 12.5. The molecule has 1 fully saturated rings. The van der Waals surface area contributed by atoms with Crippen LogP contribution in [-0.2, 0) is 23.2 Å². The molecule has 1 aliphatic rings. The Morgan fingerprint density at radius 2 is 2.12 bits per heavy atom. The Hall–Kier alpha value is -0.780. The van der Waals surface area contributed by atoms with Gasteiger partial charge in [-0.15, -0.1) is 0 Å². The summed E-state index contributed by atoms with van der Waals surface area (Å²) < 4.78 is 16.5. The standard InChI is InChI=1S/C17H26N3O2PS/c1-19(23-21)10-7-15-12-18-17-11-14(5-6-16(15)17)13-24(22)20-8-3-2-4-9-20/h5-6,11-12,18,21,23H,2-4,7-10,13H2,1H3. The number of piperidine rings is 1. The van der Waals surface area contributed by atoms with E-state index in [1.165, 1.54) is 17.4 Å². The number of rotatable bonds is 7. The molecule has 0 radical (unpaired) electrons. The Labute approximate surface area is 147 Å². The van der Waals surface area contributed by atoms with E-state index in [2.05, 4.69) is 27.5 Å². The molecule has 0 amide bonds. The number of hydrogen-bond donors (Lipinski definition) is 2. The first-order valence-electron chi connectivity index (χ1n) is 8.50. The van der Waals surface area contributed by atoms with E-state index in [4.69, 9.17) is 4.89 Å². The molecule has 2 atom stereocenters. The second-order valence-electron chi connectivity index (χ2n) is 6.42. The van der Waals surface area contributed by atoms with Gasteiger partial charge >= 0.3 is 0 Å². The summed E-state index contributed by atoms with van der Waals surface area (Å²) in [5.74, 6) is 0.596. The molecule has 0 spiro atoms. The van der Waals surface area contributed by atoms with Crippen LogP contribution in [0.15, 0.2) is 24.4 Å². The van der Waals surface area contributed by atoms with Crippen molar-refractivity contribution in [1.82, 2.24) is 14.0 Å². The van der Waals surface area contributed by atoms with Crippen molar-refractivity contribution >= 4 is 30.8 Å². The zero-order chi connectivity index (χ0) is 16.9. The molecule has 2 aromatic rings. The second-order valence-corrected chi connectivity index (χ2v) is 8.83. The zero-order valence-corrected chi connectivity index (χ0v) is 15.9. The highest BCUT2D eigenvalue weighted by Crippen LogP contribution is 2.23. The fraction of sp³-hybridized carbons (Fsp3) is 0.529. The number of aromatic nitrogens is 1. The first kappa shape index (κ1) is 18.0. The molecule has 3 rings (SSSR count). The highest BCUT2D eigenvalue weighted by molar-refractivity contribution is 7.81. The van der Waals surface area contributed by atoms with Gasteiger partial charge in [0.15, 0.2) is 0 Å². The molecule has 132 valence electrons. The molecule has 24 heavy (non-hydrogen) atoms. The SMILES string of the molecule is CN(CCc1c[nH]c2cc(CS(=O)N3CCCCC3)ccc12)PO. The van der Waals surface area contributed by atoms with Crippen LogP contribution in [0, 0.1) is 0 Å². The zero-order valence-electron chi connectivity index (χ0n) is 14.1. The third-order valence-electron chi connectivity index (χ3n) is 4.61. The van der Waals surface area contributed by atoms with Gasteiger partial charge in [-0.3, -0.25) is 4.67 Å². The van der Waals surface area contributed by atoms with Crippen molar-refractivity contribution in [2.24, 2.45) is 0 Å². The second kappa shape index (κ2) is 8.54. The van der Waals surface area contributed by atoms with Crippen LogP contribution in [0.4, 0.5) is 0 Å². The third-order valence-corrected chi connectivity index (χ3v) is 6.70. The number of likely N-dealkylation sites (N-methyl/N-ethyl adjacent to an activating group) is 1. The largest absolute Gasteiger partial charge is 0.361 e. The summed E-state index contributed by atoms with van der Waals surface area (Å²) in [7, 11) is 0.851. The summed E-state index contributed by atoms with van der Waals surface area (Å²) in [6.45, 7) is 2.75. The molecule has 2 N–H and O–H groups in total. The molecule has 2 unspecified atom stereocenters. The van der Waals surface area contributed by atoms with Crippen LogP contribution in [0.3, 0.4) is 0 Å². The monoisotopic (exact) mass is 367 g/mol. The van der Waals surface area contributed by atoms with Crippen molar-refractivity contribution in [3.63, 3.8) is 0 Å². The van der Waals surface area contributed by atoms with E-state index in [1.807, 2.05) is 17.9 Å². The summed E-state index contributed by atoms with van der Waals surface area (Å²) in [6, 6.07) is 6.35. The van der Waals surface area contributed by atoms with Crippen molar-refractivity contribution < 1.29 is 9.10 Å². The van der Waals surface area contributed by atoms with Gasteiger partial charge in [-0.1, -0.05) is 18.6 Å². The lowest BCUT2D eigenvalue weighted by molar-refractivity contribution is 0.365. The number of aromatic amines is 1. The minimum atomic E-state index is -0.918. The lowest BCUT2D eigenvalue weighted by atomic mass is 10.1. The van der Waals surface area contributed by atoms with E-state index in [-0.39, 0.29) is 8.96 Å². The molecule has 2 heterocycles. The van der Waals surface area contributed by atoms with Crippen LogP contribution in [-0.4, -0.2) is 49.7 Å². The average Bonchev–Trinajstić information content (AvgIpc) is 3.02. The smallest absolute Gasteiger partial charge is 0.0987 e. The van der Waals surface area contributed by atoms with Crippen LogP contribution in [0.5, 0.6) is 0 Å². The molecule has 0 bridgehead atoms. The van der Waals surface area contributed by atoms with Gasteiger partial charge in [-0.05, 0) is 43.5 Å². The summed E-state index contributed by atoms with van der Waals surface area (Å²) in [6.07, 6.45) is 6.53. The number of nitrogens with zero attached hydrogens (tertiary/aromatic N) is 2. The molecule has 1 aromatic heterocycles. The van der Waals surface area contributed by atoms with Crippen molar-refractivity contribution in [3.8, 4) is 0 Å². The number of nitrogens with one attached hydrogen (secondary N) is 1. The Kier molecular flexibility index (Phi) is 6.42. The van der Waals surface area contributed by atoms with E-state index in [9.17, 15) is 4.21 Å². The predicted octanol–water partition coefficient (Wildman–Crippen LogP) is 2.79. The molecule has 1 saturated heterocycles. The van der Waals surface area contributed by atoms with Crippen LogP contribution >= 0.6 is 8.96 Å². The van der Waals surface area contributed by atoms with Gasteiger partial charge in [0.25, 0.3) is 0 Å². The molecular formula is C17H26N3O2PS. The van der Waals surface area contributed by atoms with Gasteiger partial charge in [0, 0.05) is 36.7 Å². The molecule has 7 heteroatoms. The number of fused-ring (bicyclic) bond motifs is 1. The topological polar surface area (TPSA) is 59.6 Å². The highest BCUT2D eigenvalue weighted by Gasteiger charge is 2.17. The van der Waals surface area contributed by atoms with Gasteiger partial charge < -0.3 is 9.88 Å².